The van der Waals surface area contributed by atoms with Crippen LogP contribution in [0.4, 0.5) is 4.79 Å². The van der Waals surface area contributed by atoms with E-state index < -0.39 is 0 Å². The molecule has 0 fully saturated rings. The average molecular weight is 348 g/mol. The number of nitrogens with one attached hydrogen (secondary N) is 3. The third-order valence-corrected chi connectivity index (χ3v) is 5.26. The Bertz CT molecular complexity index is 568. The monoisotopic (exact) mass is 348 g/mol. The minimum absolute atomic E-state index is 0.00197. The van der Waals surface area contributed by atoms with Crippen molar-refractivity contribution in [2.24, 2.45) is 5.92 Å². The van der Waals surface area contributed by atoms with Crippen molar-refractivity contribution in [1.29, 1.82) is 0 Å². The van der Waals surface area contributed by atoms with E-state index in [4.69, 9.17) is 0 Å². The zero-order valence-corrected chi connectivity index (χ0v) is 15.9. The van der Waals surface area contributed by atoms with Gasteiger partial charge in [-0.05, 0) is 51.3 Å². The molecule has 140 valence electrons. The van der Waals surface area contributed by atoms with E-state index >= 15 is 0 Å². The van der Waals surface area contributed by atoms with Crippen LogP contribution in [-0.4, -0.2) is 49.6 Å². The second-order valence-electron chi connectivity index (χ2n) is 6.86. The van der Waals surface area contributed by atoms with E-state index in [-0.39, 0.29) is 23.9 Å². The van der Waals surface area contributed by atoms with Gasteiger partial charge in [0.05, 0.1) is 0 Å². The van der Waals surface area contributed by atoms with Gasteiger partial charge in [0.15, 0.2) is 0 Å². The topological polar surface area (TPSA) is 73.5 Å². The number of urea groups is 1. The number of carbonyl (C=O) groups is 2. The van der Waals surface area contributed by atoms with Crippen LogP contribution in [-0.2, 0) is 4.79 Å². The van der Waals surface area contributed by atoms with E-state index in [1.807, 2.05) is 25.8 Å². The summed E-state index contributed by atoms with van der Waals surface area (Å²) in [5, 5.41) is 9.29. The second kappa shape index (κ2) is 9.04. The lowest BCUT2D eigenvalue weighted by molar-refractivity contribution is -0.120. The maximum absolute atomic E-state index is 12.7. The molecule has 3 N–H and O–H groups in total. The van der Waals surface area contributed by atoms with Crippen molar-refractivity contribution >= 4 is 11.9 Å². The molecule has 0 bridgehead atoms. The summed E-state index contributed by atoms with van der Waals surface area (Å²) < 4.78 is 0. The molecule has 2 unspecified atom stereocenters. The van der Waals surface area contributed by atoms with Crippen molar-refractivity contribution < 1.29 is 9.59 Å². The smallest absolute Gasteiger partial charge is 0.317 e. The first-order valence-electron chi connectivity index (χ1n) is 9.40. The summed E-state index contributed by atoms with van der Waals surface area (Å²) in [6.07, 6.45) is 5.34. The molecule has 0 aromatic heterocycles. The Labute approximate surface area is 151 Å². The van der Waals surface area contributed by atoms with Gasteiger partial charge in [0.2, 0.25) is 5.91 Å². The molecular formula is C19H32N4O2. The highest BCUT2D eigenvalue weighted by atomic mass is 16.2. The third-order valence-electron chi connectivity index (χ3n) is 5.26. The third kappa shape index (κ3) is 4.63. The number of amides is 3. The van der Waals surface area contributed by atoms with Crippen molar-refractivity contribution in [2.45, 2.75) is 52.5 Å². The lowest BCUT2D eigenvalue weighted by Gasteiger charge is -2.33. The second-order valence-corrected chi connectivity index (χ2v) is 6.86. The fraction of sp³-hybridized carbons (Fsp3) is 0.684. The molecule has 2 atom stereocenters. The van der Waals surface area contributed by atoms with Gasteiger partial charge in [-0.2, -0.15) is 0 Å². The Morgan fingerprint density at radius 1 is 1.40 bits per heavy atom. The zero-order chi connectivity index (χ0) is 18.4. The number of allylic oxidation sites excluding steroid dienone is 2. The fourth-order valence-electron chi connectivity index (χ4n) is 3.78. The van der Waals surface area contributed by atoms with Crippen LogP contribution in [0.15, 0.2) is 22.9 Å². The Balaban J connectivity index is 2.00. The Hall–Kier alpha value is -1.82. The van der Waals surface area contributed by atoms with Crippen LogP contribution in [0, 0.1) is 5.92 Å². The van der Waals surface area contributed by atoms with Crippen LogP contribution in [0.2, 0.25) is 0 Å². The quantitative estimate of drug-likeness (QED) is 0.660. The molecule has 1 heterocycles. The minimum atomic E-state index is -0.00197. The predicted molar refractivity (Wildman–Crippen MR) is 100 cm³/mol. The Morgan fingerprint density at radius 2 is 2.16 bits per heavy atom. The number of likely N-dealkylation sites (N-methyl/N-ethyl adjacent to an activating group) is 2. The van der Waals surface area contributed by atoms with Crippen molar-refractivity contribution in [3.05, 3.63) is 22.9 Å². The van der Waals surface area contributed by atoms with Crippen molar-refractivity contribution in [2.75, 3.05) is 26.7 Å². The van der Waals surface area contributed by atoms with Gasteiger partial charge in [-0.15, -0.1) is 0 Å². The standard InChI is InChI=1S/C19H32N4O2/c1-5-15(12-20-4)23(6-2)19(25)21-11-14-8-7-13(3)18-16(14)9-10-17(24)22-18/h7,14-15,20H,5-6,8-12H2,1-4H3,(H,21,25)(H,22,24). The zero-order valence-electron chi connectivity index (χ0n) is 15.9. The summed E-state index contributed by atoms with van der Waals surface area (Å²) >= 11 is 0. The van der Waals surface area contributed by atoms with Crippen molar-refractivity contribution in [3.8, 4) is 0 Å². The van der Waals surface area contributed by atoms with Crippen LogP contribution < -0.4 is 16.0 Å². The maximum Gasteiger partial charge on any atom is 0.317 e. The van der Waals surface area contributed by atoms with E-state index in [2.05, 4.69) is 29.0 Å². The number of nitrogens with zero attached hydrogens (tertiary/aromatic N) is 1. The van der Waals surface area contributed by atoms with Crippen LogP contribution in [0.1, 0.15) is 46.5 Å². The molecule has 2 aliphatic rings. The van der Waals surface area contributed by atoms with E-state index in [1.54, 1.807) is 0 Å². The van der Waals surface area contributed by atoms with Gasteiger partial charge < -0.3 is 20.9 Å². The van der Waals surface area contributed by atoms with Gasteiger partial charge in [0.1, 0.15) is 0 Å². The van der Waals surface area contributed by atoms with Crippen LogP contribution in [0.25, 0.3) is 0 Å². The molecule has 25 heavy (non-hydrogen) atoms. The molecule has 0 spiro atoms. The molecule has 1 aliphatic heterocycles. The Kier molecular flexibility index (Phi) is 7.05. The lowest BCUT2D eigenvalue weighted by atomic mass is 9.82. The molecule has 0 aromatic rings. The van der Waals surface area contributed by atoms with E-state index in [0.29, 0.717) is 19.5 Å². The molecule has 1 aliphatic carbocycles. The first-order chi connectivity index (χ1) is 12.0. The number of rotatable bonds is 7. The molecule has 0 radical (unpaired) electrons. The summed E-state index contributed by atoms with van der Waals surface area (Å²) in [6, 6.07) is 0.199. The molecule has 3 amide bonds. The van der Waals surface area contributed by atoms with Crippen molar-refractivity contribution in [1.82, 2.24) is 20.9 Å². The number of carbonyl (C=O) groups excluding carboxylic acids is 2. The number of hydrogen-bond acceptors (Lipinski definition) is 3. The van der Waals surface area contributed by atoms with Gasteiger partial charge in [0, 0.05) is 43.7 Å². The maximum atomic E-state index is 12.7. The average Bonchev–Trinajstić information content (AvgIpc) is 2.61. The van der Waals surface area contributed by atoms with E-state index in [9.17, 15) is 9.59 Å². The summed E-state index contributed by atoms with van der Waals surface area (Å²) in [6.45, 7) is 8.27. The number of hydrogen-bond donors (Lipinski definition) is 3. The first kappa shape index (κ1) is 19.5. The predicted octanol–water partition coefficient (Wildman–Crippen LogP) is 2.15. The molecule has 0 saturated carbocycles. The molecule has 2 rings (SSSR count). The van der Waals surface area contributed by atoms with Gasteiger partial charge in [-0.25, -0.2) is 4.79 Å². The van der Waals surface area contributed by atoms with Crippen LogP contribution in [0.3, 0.4) is 0 Å². The summed E-state index contributed by atoms with van der Waals surface area (Å²) in [7, 11) is 1.91. The highest BCUT2D eigenvalue weighted by Crippen LogP contribution is 2.33. The van der Waals surface area contributed by atoms with Gasteiger partial charge in [0.25, 0.3) is 0 Å². The molecule has 6 nitrogen and oxygen atoms in total. The van der Waals surface area contributed by atoms with Gasteiger partial charge >= 0.3 is 6.03 Å². The summed E-state index contributed by atoms with van der Waals surface area (Å²) in [5.41, 5.74) is 3.40. The van der Waals surface area contributed by atoms with Gasteiger partial charge in [-0.1, -0.05) is 13.0 Å². The first-order valence-corrected chi connectivity index (χ1v) is 9.40. The minimum Gasteiger partial charge on any atom is -0.337 e. The normalized spacial score (nSPS) is 21.2. The fourth-order valence-corrected chi connectivity index (χ4v) is 3.78. The van der Waals surface area contributed by atoms with Crippen LogP contribution >= 0.6 is 0 Å². The summed E-state index contributed by atoms with van der Waals surface area (Å²) in [4.78, 5) is 26.2. The van der Waals surface area contributed by atoms with Gasteiger partial charge in [-0.3, -0.25) is 4.79 Å². The summed E-state index contributed by atoms with van der Waals surface area (Å²) in [5.74, 6) is 0.359. The van der Waals surface area contributed by atoms with E-state index in [0.717, 1.165) is 37.1 Å². The molecular weight excluding hydrogens is 316 g/mol. The van der Waals surface area contributed by atoms with Crippen molar-refractivity contribution in [3.63, 3.8) is 0 Å². The lowest BCUT2D eigenvalue weighted by Crippen LogP contribution is -2.50. The highest BCUT2D eigenvalue weighted by Gasteiger charge is 2.28. The molecule has 6 heteroatoms. The Morgan fingerprint density at radius 3 is 2.80 bits per heavy atom. The molecule has 0 saturated heterocycles. The van der Waals surface area contributed by atoms with E-state index in [1.165, 1.54) is 5.57 Å². The molecule has 0 aromatic carbocycles. The van der Waals surface area contributed by atoms with Crippen LogP contribution in [0.5, 0.6) is 0 Å². The largest absolute Gasteiger partial charge is 0.337 e. The SMILES string of the molecule is CCC(CNC)N(CC)C(=O)NCC1CC=C(C)C2=C1CCC(=O)N2. The highest BCUT2D eigenvalue weighted by molar-refractivity contribution is 5.81.